The normalized spacial score (nSPS) is 19.7. The standard InChI is InChI=1S/C13H12F3NO3/c1-7-2-4-10(20-13(14,15)16)9(6-7)8-3-5-11(18)17-12(8)19/h2,4,6,8H,3,5H2,1H3,(H,17,18,19). The summed E-state index contributed by atoms with van der Waals surface area (Å²) < 4.78 is 41.1. The molecule has 1 aliphatic rings. The molecule has 0 radical (unpaired) electrons. The first kappa shape index (κ1) is 14.4. The highest BCUT2D eigenvalue weighted by atomic mass is 19.4. The molecule has 2 amide bonds. The summed E-state index contributed by atoms with van der Waals surface area (Å²) in [6.45, 7) is 1.70. The Hall–Kier alpha value is -2.05. The fourth-order valence-corrected chi connectivity index (χ4v) is 2.15. The fraction of sp³-hybridized carbons (Fsp3) is 0.385. The van der Waals surface area contributed by atoms with Crippen molar-refractivity contribution in [3.05, 3.63) is 29.3 Å². The topological polar surface area (TPSA) is 55.4 Å². The Morgan fingerprint density at radius 2 is 2.00 bits per heavy atom. The van der Waals surface area contributed by atoms with Crippen LogP contribution in [0.2, 0.25) is 0 Å². The van der Waals surface area contributed by atoms with Gasteiger partial charge in [-0.3, -0.25) is 14.9 Å². The molecular formula is C13H12F3NO3. The van der Waals surface area contributed by atoms with E-state index in [4.69, 9.17) is 0 Å². The number of carbonyl (C=O) groups is 2. The number of carbonyl (C=O) groups excluding carboxylic acids is 2. The van der Waals surface area contributed by atoms with Crippen molar-refractivity contribution >= 4 is 11.8 Å². The Morgan fingerprint density at radius 1 is 1.30 bits per heavy atom. The molecule has 1 aromatic carbocycles. The van der Waals surface area contributed by atoms with Crippen molar-refractivity contribution in [2.75, 3.05) is 0 Å². The van der Waals surface area contributed by atoms with Crippen LogP contribution in [0.1, 0.15) is 29.9 Å². The first-order valence-corrected chi connectivity index (χ1v) is 5.96. The average Bonchev–Trinajstić information content (AvgIpc) is 2.30. The van der Waals surface area contributed by atoms with Crippen LogP contribution in [0.3, 0.4) is 0 Å². The summed E-state index contributed by atoms with van der Waals surface area (Å²) >= 11 is 0. The van der Waals surface area contributed by atoms with E-state index in [-0.39, 0.29) is 18.4 Å². The predicted molar refractivity (Wildman–Crippen MR) is 63.0 cm³/mol. The van der Waals surface area contributed by atoms with Gasteiger partial charge in [0.2, 0.25) is 11.8 Å². The number of imide groups is 1. The van der Waals surface area contributed by atoms with E-state index < -0.39 is 29.8 Å². The van der Waals surface area contributed by atoms with E-state index in [1.54, 1.807) is 6.92 Å². The molecule has 0 spiro atoms. The molecule has 1 N–H and O–H groups in total. The second-order valence-corrected chi connectivity index (χ2v) is 4.59. The van der Waals surface area contributed by atoms with Gasteiger partial charge in [-0.2, -0.15) is 0 Å². The minimum Gasteiger partial charge on any atom is -0.405 e. The molecule has 1 atom stereocenters. The molecule has 0 aliphatic carbocycles. The van der Waals surface area contributed by atoms with Crippen molar-refractivity contribution in [2.24, 2.45) is 0 Å². The second kappa shape index (κ2) is 5.15. The highest BCUT2D eigenvalue weighted by Crippen LogP contribution is 2.35. The van der Waals surface area contributed by atoms with E-state index in [0.29, 0.717) is 5.56 Å². The maximum absolute atomic E-state index is 12.4. The number of benzene rings is 1. The van der Waals surface area contributed by atoms with Crippen LogP contribution in [0.15, 0.2) is 18.2 Å². The molecule has 0 saturated carbocycles. The number of ether oxygens (including phenoxy) is 1. The van der Waals surface area contributed by atoms with Gasteiger partial charge in [0.05, 0.1) is 5.92 Å². The van der Waals surface area contributed by atoms with Gasteiger partial charge in [0.1, 0.15) is 5.75 Å². The van der Waals surface area contributed by atoms with Crippen LogP contribution >= 0.6 is 0 Å². The molecule has 1 fully saturated rings. The van der Waals surface area contributed by atoms with Gasteiger partial charge in [-0.15, -0.1) is 13.2 Å². The zero-order valence-electron chi connectivity index (χ0n) is 10.6. The summed E-state index contributed by atoms with van der Waals surface area (Å²) in [4.78, 5) is 22.9. The van der Waals surface area contributed by atoms with Crippen LogP contribution in [0.4, 0.5) is 13.2 Å². The molecule has 1 heterocycles. The third-order valence-electron chi connectivity index (χ3n) is 3.01. The Balaban J connectivity index is 2.36. The van der Waals surface area contributed by atoms with Crippen LogP contribution in [0, 0.1) is 6.92 Å². The number of nitrogens with one attached hydrogen (secondary N) is 1. The molecule has 1 saturated heterocycles. The van der Waals surface area contributed by atoms with Crippen LogP contribution in [-0.2, 0) is 9.59 Å². The number of halogens is 3. The maximum atomic E-state index is 12.4. The summed E-state index contributed by atoms with van der Waals surface area (Å²) in [5.41, 5.74) is 0.853. The van der Waals surface area contributed by atoms with Gasteiger partial charge in [0.25, 0.3) is 0 Å². The lowest BCUT2D eigenvalue weighted by atomic mass is 9.89. The number of aryl methyl sites for hydroxylation is 1. The van der Waals surface area contributed by atoms with Gasteiger partial charge in [-0.25, -0.2) is 0 Å². The van der Waals surface area contributed by atoms with Crippen molar-refractivity contribution in [3.63, 3.8) is 0 Å². The maximum Gasteiger partial charge on any atom is 0.573 e. The Bertz CT molecular complexity index is 554. The van der Waals surface area contributed by atoms with Gasteiger partial charge in [0, 0.05) is 12.0 Å². The number of alkyl halides is 3. The second-order valence-electron chi connectivity index (χ2n) is 4.59. The smallest absolute Gasteiger partial charge is 0.405 e. The number of piperidine rings is 1. The van der Waals surface area contributed by atoms with E-state index in [1.807, 2.05) is 0 Å². The molecule has 4 nitrogen and oxygen atoms in total. The zero-order valence-corrected chi connectivity index (χ0v) is 10.6. The van der Waals surface area contributed by atoms with Crippen molar-refractivity contribution in [1.82, 2.24) is 5.32 Å². The molecule has 108 valence electrons. The molecule has 1 aliphatic heterocycles. The van der Waals surface area contributed by atoms with Crippen LogP contribution < -0.4 is 10.1 Å². The quantitative estimate of drug-likeness (QED) is 0.850. The van der Waals surface area contributed by atoms with Gasteiger partial charge in [0.15, 0.2) is 0 Å². The van der Waals surface area contributed by atoms with Gasteiger partial charge < -0.3 is 4.74 Å². The van der Waals surface area contributed by atoms with Gasteiger partial charge in [-0.1, -0.05) is 17.7 Å². The van der Waals surface area contributed by atoms with E-state index in [1.165, 1.54) is 18.2 Å². The number of amides is 2. The van der Waals surface area contributed by atoms with Crippen LogP contribution in [0.5, 0.6) is 5.75 Å². The molecule has 2 rings (SSSR count). The zero-order chi connectivity index (χ0) is 14.9. The third kappa shape index (κ3) is 3.28. The Morgan fingerprint density at radius 3 is 2.60 bits per heavy atom. The minimum atomic E-state index is -4.83. The highest BCUT2D eigenvalue weighted by Gasteiger charge is 2.35. The van der Waals surface area contributed by atoms with E-state index in [2.05, 4.69) is 10.1 Å². The summed E-state index contributed by atoms with van der Waals surface area (Å²) in [7, 11) is 0. The molecule has 1 unspecified atom stereocenters. The lowest BCUT2D eigenvalue weighted by Gasteiger charge is -2.24. The molecule has 7 heteroatoms. The molecular weight excluding hydrogens is 275 g/mol. The van der Waals surface area contributed by atoms with Gasteiger partial charge in [-0.05, 0) is 19.4 Å². The van der Waals surface area contributed by atoms with Crippen molar-refractivity contribution in [2.45, 2.75) is 32.0 Å². The lowest BCUT2D eigenvalue weighted by Crippen LogP contribution is -2.39. The van der Waals surface area contributed by atoms with Crippen molar-refractivity contribution < 1.29 is 27.5 Å². The van der Waals surface area contributed by atoms with Gasteiger partial charge >= 0.3 is 6.36 Å². The summed E-state index contributed by atoms with van der Waals surface area (Å²) in [6, 6.07) is 4.12. The van der Waals surface area contributed by atoms with Crippen LogP contribution in [0.25, 0.3) is 0 Å². The van der Waals surface area contributed by atoms with E-state index in [0.717, 1.165) is 0 Å². The SMILES string of the molecule is Cc1ccc(OC(F)(F)F)c(C2CCC(=O)NC2=O)c1. The number of hydrogen-bond donors (Lipinski definition) is 1. The lowest BCUT2D eigenvalue weighted by molar-refractivity contribution is -0.275. The van der Waals surface area contributed by atoms with E-state index >= 15 is 0 Å². The average molecular weight is 287 g/mol. The van der Waals surface area contributed by atoms with Crippen LogP contribution in [-0.4, -0.2) is 18.2 Å². The molecule has 1 aromatic rings. The largest absolute Gasteiger partial charge is 0.573 e. The predicted octanol–water partition coefficient (Wildman–Crippen LogP) is 2.41. The molecule has 20 heavy (non-hydrogen) atoms. The highest BCUT2D eigenvalue weighted by molar-refractivity contribution is 6.01. The first-order chi connectivity index (χ1) is 9.26. The van der Waals surface area contributed by atoms with Crippen molar-refractivity contribution in [3.8, 4) is 5.75 Å². The molecule has 0 aromatic heterocycles. The summed E-state index contributed by atoms with van der Waals surface area (Å²) in [5, 5.41) is 2.12. The number of hydrogen-bond acceptors (Lipinski definition) is 3. The molecule has 0 bridgehead atoms. The Kier molecular flexibility index (Phi) is 3.69. The van der Waals surface area contributed by atoms with Crippen molar-refractivity contribution in [1.29, 1.82) is 0 Å². The number of rotatable bonds is 2. The minimum absolute atomic E-state index is 0.0931. The fourth-order valence-electron chi connectivity index (χ4n) is 2.15. The summed E-state index contributed by atoms with van der Waals surface area (Å²) in [5.74, 6) is -2.24. The third-order valence-corrected chi connectivity index (χ3v) is 3.01. The van der Waals surface area contributed by atoms with E-state index in [9.17, 15) is 22.8 Å². The summed E-state index contributed by atoms with van der Waals surface area (Å²) in [6.07, 6.45) is -4.57. The first-order valence-electron chi connectivity index (χ1n) is 5.96. The Labute approximate surface area is 112 Å². The monoisotopic (exact) mass is 287 g/mol.